The van der Waals surface area contributed by atoms with Crippen LogP contribution in [0.2, 0.25) is 0 Å². The summed E-state index contributed by atoms with van der Waals surface area (Å²) in [5.41, 5.74) is 8.39. The van der Waals surface area contributed by atoms with Gasteiger partial charge < -0.3 is 16.0 Å². The Morgan fingerprint density at radius 1 is 0.860 bits per heavy atom. The Kier molecular flexibility index (Phi) is 8.38. The maximum Gasteiger partial charge on any atom is 0.258 e. The Balaban J connectivity index is 1.32. The van der Waals surface area contributed by atoms with E-state index in [1.54, 1.807) is 6.07 Å². The van der Waals surface area contributed by atoms with E-state index in [-0.39, 0.29) is 17.9 Å². The van der Waals surface area contributed by atoms with Crippen molar-refractivity contribution in [1.82, 2.24) is 10.2 Å². The third-order valence-corrected chi connectivity index (χ3v) is 8.31. The molecular formula is C37H38N4O2. The quantitative estimate of drug-likeness (QED) is 0.193. The van der Waals surface area contributed by atoms with Gasteiger partial charge >= 0.3 is 0 Å². The average Bonchev–Trinajstić information content (AvgIpc) is 3.36. The number of carbonyl (C=O) groups excluding carboxylic acids is 2. The van der Waals surface area contributed by atoms with Crippen molar-refractivity contribution in [2.45, 2.75) is 45.7 Å². The van der Waals surface area contributed by atoms with Gasteiger partial charge in [0.2, 0.25) is 0 Å². The van der Waals surface area contributed by atoms with Crippen LogP contribution in [0.3, 0.4) is 0 Å². The summed E-state index contributed by atoms with van der Waals surface area (Å²) in [7, 11) is 0. The van der Waals surface area contributed by atoms with E-state index in [2.05, 4.69) is 39.0 Å². The predicted octanol–water partition coefficient (Wildman–Crippen LogP) is 7.40. The number of carbonyl (C=O) groups is 2. The highest BCUT2D eigenvalue weighted by Gasteiger charge is 2.29. The molecule has 218 valence electrons. The van der Waals surface area contributed by atoms with Gasteiger partial charge in [0.1, 0.15) is 0 Å². The number of piperidine rings is 1. The molecule has 6 nitrogen and oxygen atoms in total. The number of nitrogens with one attached hydrogen (secondary N) is 3. The number of rotatable bonds is 8. The van der Waals surface area contributed by atoms with E-state index in [1.807, 2.05) is 86.6 Å². The molecule has 0 spiro atoms. The molecule has 0 aromatic heterocycles. The van der Waals surface area contributed by atoms with Crippen LogP contribution in [0.15, 0.2) is 97.1 Å². The molecule has 1 fully saturated rings. The summed E-state index contributed by atoms with van der Waals surface area (Å²) < 4.78 is 0. The van der Waals surface area contributed by atoms with Gasteiger partial charge in [-0.15, -0.1) is 0 Å². The van der Waals surface area contributed by atoms with E-state index in [0.717, 1.165) is 36.4 Å². The lowest BCUT2D eigenvalue weighted by Gasteiger charge is -2.26. The van der Waals surface area contributed by atoms with Crippen LogP contribution < -0.4 is 16.0 Å². The number of amides is 2. The van der Waals surface area contributed by atoms with Crippen LogP contribution >= 0.6 is 0 Å². The van der Waals surface area contributed by atoms with Gasteiger partial charge in [0.05, 0.1) is 17.3 Å². The van der Waals surface area contributed by atoms with Crippen molar-refractivity contribution in [3.8, 4) is 0 Å². The van der Waals surface area contributed by atoms with Crippen molar-refractivity contribution >= 4 is 34.5 Å². The van der Waals surface area contributed by atoms with Crippen LogP contribution in [-0.4, -0.2) is 29.8 Å². The molecular weight excluding hydrogens is 532 g/mol. The zero-order chi connectivity index (χ0) is 29.8. The van der Waals surface area contributed by atoms with Crippen LogP contribution in [0.25, 0.3) is 11.3 Å². The van der Waals surface area contributed by atoms with Crippen LogP contribution in [0.5, 0.6) is 0 Å². The molecule has 0 bridgehead atoms. The first-order valence-electron chi connectivity index (χ1n) is 15.2. The van der Waals surface area contributed by atoms with E-state index in [9.17, 15) is 9.59 Å². The number of anilines is 2. The second kappa shape index (κ2) is 12.7. The summed E-state index contributed by atoms with van der Waals surface area (Å²) in [6.45, 7) is 7.20. The van der Waals surface area contributed by atoms with Gasteiger partial charge in [-0.1, -0.05) is 78.7 Å². The Hall–Kier alpha value is -4.68. The summed E-state index contributed by atoms with van der Waals surface area (Å²) >= 11 is 0. The number of hydrogen-bond acceptors (Lipinski definition) is 4. The van der Waals surface area contributed by atoms with Crippen molar-refractivity contribution < 1.29 is 9.59 Å². The van der Waals surface area contributed by atoms with Crippen molar-refractivity contribution in [1.29, 1.82) is 0 Å². The number of fused-ring (bicyclic) bond motifs is 1. The Morgan fingerprint density at radius 3 is 2.40 bits per heavy atom. The number of benzene rings is 4. The van der Waals surface area contributed by atoms with Crippen molar-refractivity contribution in [2.24, 2.45) is 0 Å². The van der Waals surface area contributed by atoms with Gasteiger partial charge in [-0.3, -0.25) is 14.5 Å². The smallest absolute Gasteiger partial charge is 0.258 e. The molecule has 4 aromatic rings. The van der Waals surface area contributed by atoms with E-state index >= 15 is 0 Å². The molecule has 2 amide bonds. The van der Waals surface area contributed by atoms with Gasteiger partial charge in [0.15, 0.2) is 0 Å². The first-order valence-corrected chi connectivity index (χ1v) is 15.2. The van der Waals surface area contributed by atoms with E-state index in [0.29, 0.717) is 28.1 Å². The van der Waals surface area contributed by atoms with E-state index in [1.165, 1.54) is 30.4 Å². The number of likely N-dealkylation sites (tertiary alicyclic amines) is 1. The molecule has 1 atom stereocenters. The molecule has 0 aliphatic carbocycles. The molecule has 3 N–H and O–H groups in total. The SMILES string of the molecule is Cc1ccc([C@H](C)NC(=O)c2ccc3c(c2)/C(=C(/Nc2cccc(CN4CCCCC4)c2)c2ccccc2)C(=O)N3)cc1. The molecule has 6 rings (SSSR count). The first-order chi connectivity index (χ1) is 20.9. The highest BCUT2D eigenvalue weighted by atomic mass is 16.2. The summed E-state index contributed by atoms with van der Waals surface area (Å²) in [5, 5.41) is 9.71. The van der Waals surface area contributed by atoms with Gasteiger partial charge in [0.25, 0.3) is 11.8 Å². The molecule has 0 unspecified atom stereocenters. The molecule has 2 aliphatic rings. The van der Waals surface area contributed by atoms with Crippen molar-refractivity contribution in [2.75, 3.05) is 23.7 Å². The van der Waals surface area contributed by atoms with Gasteiger partial charge in [-0.25, -0.2) is 0 Å². The molecule has 4 aromatic carbocycles. The molecule has 43 heavy (non-hydrogen) atoms. The molecule has 0 saturated carbocycles. The number of hydrogen-bond donors (Lipinski definition) is 3. The van der Waals surface area contributed by atoms with Crippen LogP contribution in [0.4, 0.5) is 11.4 Å². The lowest BCUT2D eigenvalue weighted by molar-refractivity contribution is -0.110. The minimum absolute atomic E-state index is 0.158. The van der Waals surface area contributed by atoms with Crippen molar-refractivity contribution in [3.05, 3.63) is 130 Å². The van der Waals surface area contributed by atoms with E-state index in [4.69, 9.17) is 0 Å². The number of aryl methyl sites for hydroxylation is 1. The fourth-order valence-electron chi connectivity index (χ4n) is 5.93. The highest BCUT2D eigenvalue weighted by Crippen LogP contribution is 2.38. The second-order valence-corrected chi connectivity index (χ2v) is 11.6. The zero-order valence-corrected chi connectivity index (χ0v) is 24.8. The van der Waals surface area contributed by atoms with Crippen LogP contribution in [-0.2, 0) is 11.3 Å². The minimum atomic E-state index is -0.198. The standard InChI is InChI=1S/C37H38N4O2/c1-25-14-16-28(17-15-25)26(2)38-36(42)30-18-19-33-32(23-30)34(37(43)40-33)35(29-11-5-3-6-12-29)39-31-13-9-10-27(22-31)24-41-20-7-4-8-21-41/h3,5-6,9-19,22-23,26,39H,4,7-8,20-21,24H2,1-2H3,(H,38,42)(H,40,43)/b35-34-/t26-/m0/s1. The summed E-state index contributed by atoms with van der Waals surface area (Å²) in [6, 6.07) is 31.7. The third-order valence-electron chi connectivity index (χ3n) is 8.31. The van der Waals surface area contributed by atoms with Gasteiger partial charge in [0, 0.05) is 29.0 Å². The molecule has 6 heteroatoms. The lowest BCUT2D eigenvalue weighted by atomic mass is 9.98. The third kappa shape index (κ3) is 6.55. The number of nitrogens with zero attached hydrogens (tertiary/aromatic N) is 1. The first kappa shape index (κ1) is 28.4. The topological polar surface area (TPSA) is 73.5 Å². The summed E-state index contributed by atoms with van der Waals surface area (Å²) in [4.78, 5) is 29.4. The normalized spacial score (nSPS) is 16.7. The minimum Gasteiger partial charge on any atom is -0.354 e. The van der Waals surface area contributed by atoms with Crippen molar-refractivity contribution in [3.63, 3.8) is 0 Å². The van der Waals surface area contributed by atoms with E-state index < -0.39 is 0 Å². The largest absolute Gasteiger partial charge is 0.354 e. The maximum atomic E-state index is 13.5. The molecule has 2 aliphatic heterocycles. The fourth-order valence-corrected chi connectivity index (χ4v) is 5.93. The van der Waals surface area contributed by atoms with Gasteiger partial charge in [-0.2, -0.15) is 0 Å². The Bertz CT molecular complexity index is 1650. The summed E-state index contributed by atoms with van der Waals surface area (Å²) in [6.07, 6.45) is 3.81. The average molecular weight is 571 g/mol. The molecule has 1 saturated heterocycles. The monoisotopic (exact) mass is 570 g/mol. The zero-order valence-electron chi connectivity index (χ0n) is 24.8. The molecule has 0 radical (unpaired) electrons. The highest BCUT2D eigenvalue weighted by molar-refractivity contribution is 6.37. The Morgan fingerprint density at radius 2 is 1.63 bits per heavy atom. The summed E-state index contributed by atoms with van der Waals surface area (Å²) in [5.74, 6) is -0.384. The van der Waals surface area contributed by atoms with Crippen LogP contribution in [0, 0.1) is 6.92 Å². The Labute approximate surface area is 253 Å². The van der Waals surface area contributed by atoms with Crippen LogP contribution in [0.1, 0.15) is 70.4 Å². The second-order valence-electron chi connectivity index (χ2n) is 11.6. The molecule has 2 heterocycles. The van der Waals surface area contributed by atoms with Gasteiger partial charge in [-0.05, 0) is 86.8 Å². The maximum absolute atomic E-state index is 13.5. The predicted molar refractivity (Wildman–Crippen MR) is 175 cm³/mol. The lowest BCUT2D eigenvalue weighted by Crippen LogP contribution is -2.29. The fraction of sp³-hybridized carbons (Fsp3) is 0.243.